The van der Waals surface area contributed by atoms with E-state index in [2.05, 4.69) is 121 Å². The zero-order chi connectivity index (χ0) is 18.8. The molecule has 0 radical (unpaired) electrons. The van der Waals surface area contributed by atoms with Gasteiger partial charge in [-0.25, -0.2) is 0 Å². The van der Waals surface area contributed by atoms with Gasteiger partial charge in [0.2, 0.25) is 5.52 Å². The predicted molar refractivity (Wildman–Crippen MR) is 125 cm³/mol. The molecule has 132 valence electrons. The van der Waals surface area contributed by atoms with Crippen LogP contribution in [0.5, 0.6) is 0 Å². The van der Waals surface area contributed by atoms with Crippen molar-refractivity contribution < 1.29 is 4.40 Å². The molecule has 0 amide bonds. The summed E-state index contributed by atoms with van der Waals surface area (Å²) in [7, 11) is 0. The summed E-state index contributed by atoms with van der Waals surface area (Å²) in [5.74, 6) is 0. The van der Waals surface area contributed by atoms with Crippen LogP contribution in [0.15, 0.2) is 94.1 Å². The highest BCUT2D eigenvalue weighted by Gasteiger charge is 2.17. The zero-order valence-electron chi connectivity index (χ0n) is 14.8. The summed E-state index contributed by atoms with van der Waals surface area (Å²) in [6.07, 6.45) is 4.33. The van der Waals surface area contributed by atoms with Gasteiger partial charge in [-0.1, -0.05) is 68.3 Å². The quantitative estimate of drug-likeness (QED) is 0.154. The lowest BCUT2D eigenvalue weighted by atomic mass is 9.96. The van der Waals surface area contributed by atoms with E-state index >= 15 is 0 Å². The van der Waals surface area contributed by atoms with Gasteiger partial charge in [0.25, 0.3) is 0 Å². The maximum atomic E-state index is 3.67. The van der Waals surface area contributed by atoms with Crippen LogP contribution in [0.25, 0.3) is 48.6 Å². The largest absolute Gasteiger partial charge is 0.227 e. The van der Waals surface area contributed by atoms with E-state index in [-0.39, 0.29) is 0 Å². The van der Waals surface area contributed by atoms with Crippen molar-refractivity contribution in [2.45, 2.75) is 0 Å². The van der Waals surface area contributed by atoms with Gasteiger partial charge in [0.05, 0.1) is 10.8 Å². The zero-order valence-corrected chi connectivity index (χ0v) is 18.0. The van der Waals surface area contributed by atoms with Crippen molar-refractivity contribution in [2.24, 2.45) is 0 Å². The van der Waals surface area contributed by atoms with Gasteiger partial charge < -0.3 is 0 Å². The standard InChI is InChI=1S/C25H14Br2N/c26-19-7-5-15-1-3-17-9-11-28-12-10-18-4-2-16-6-8-20(27)14-22(16)24(18)25(28)23(17)21(15)13-19/h1-14H/q+1. The Morgan fingerprint density at radius 3 is 1.43 bits per heavy atom. The molecule has 6 rings (SSSR count). The van der Waals surface area contributed by atoms with Crippen LogP contribution in [0.2, 0.25) is 0 Å². The first kappa shape index (κ1) is 16.5. The van der Waals surface area contributed by atoms with Crippen molar-refractivity contribution in [1.82, 2.24) is 0 Å². The summed E-state index contributed by atoms with van der Waals surface area (Å²) in [5.41, 5.74) is 1.25. The molecule has 0 saturated carbocycles. The number of pyridine rings is 2. The first-order chi connectivity index (χ1) is 13.7. The van der Waals surface area contributed by atoms with Gasteiger partial charge in [-0.2, -0.15) is 4.40 Å². The van der Waals surface area contributed by atoms with Gasteiger partial charge >= 0.3 is 0 Å². The monoisotopic (exact) mass is 486 g/mol. The molecule has 3 heteroatoms. The van der Waals surface area contributed by atoms with Crippen LogP contribution < -0.4 is 4.40 Å². The molecule has 6 aromatic rings. The van der Waals surface area contributed by atoms with Crippen molar-refractivity contribution in [3.63, 3.8) is 0 Å². The summed E-state index contributed by atoms with van der Waals surface area (Å²) in [6.45, 7) is 0. The number of nitrogens with zero attached hydrogens (tertiary/aromatic N) is 1. The van der Waals surface area contributed by atoms with Gasteiger partial charge in [-0.3, -0.25) is 0 Å². The fraction of sp³-hybridized carbons (Fsp3) is 0. The van der Waals surface area contributed by atoms with Gasteiger partial charge in [0.1, 0.15) is 0 Å². The van der Waals surface area contributed by atoms with E-state index in [1.807, 2.05) is 0 Å². The van der Waals surface area contributed by atoms with E-state index in [1.165, 1.54) is 48.6 Å². The van der Waals surface area contributed by atoms with E-state index in [0.29, 0.717) is 0 Å². The Balaban J connectivity index is 2.01. The number of aromatic nitrogens is 1. The van der Waals surface area contributed by atoms with Crippen LogP contribution >= 0.6 is 31.9 Å². The molecule has 0 aliphatic heterocycles. The number of rotatable bonds is 0. The van der Waals surface area contributed by atoms with Crippen LogP contribution in [0.4, 0.5) is 0 Å². The van der Waals surface area contributed by atoms with Gasteiger partial charge in [-0.15, -0.1) is 0 Å². The average Bonchev–Trinajstić information content (AvgIpc) is 2.72. The highest BCUT2D eigenvalue weighted by atomic mass is 79.9. The minimum absolute atomic E-state index is 1.10. The molecule has 0 unspecified atom stereocenters. The lowest BCUT2D eigenvalue weighted by Gasteiger charge is -2.09. The molecule has 0 atom stereocenters. The fourth-order valence-electron chi connectivity index (χ4n) is 4.33. The Hall–Kier alpha value is -2.49. The third-order valence-corrected chi connectivity index (χ3v) is 6.58. The molecule has 4 aromatic carbocycles. The summed E-state index contributed by atoms with van der Waals surface area (Å²) in [5, 5.41) is 10.1. The molecule has 28 heavy (non-hydrogen) atoms. The molecule has 1 nitrogen and oxygen atoms in total. The van der Waals surface area contributed by atoms with Crippen LogP contribution in [0.1, 0.15) is 0 Å². The van der Waals surface area contributed by atoms with Crippen LogP contribution in [0.3, 0.4) is 0 Å². The SMILES string of the molecule is Brc1ccc2ccc3cc[n+]4ccc5ccc6ccc(Br)cc6c5c4c3c2c1. The van der Waals surface area contributed by atoms with Gasteiger partial charge in [-0.05, 0) is 56.6 Å². The number of hydrogen-bond acceptors (Lipinski definition) is 0. The second kappa shape index (κ2) is 6.00. The van der Waals surface area contributed by atoms with E-state index in [1.54, 1.807) is 0 Å². The van der Waals surface area contributed by atoms with Crippen molar-refractivity contribution in [1.29, 1.82) is 0 Å². The topological polar surface area (TPSA) is 4.10 Å². The molecule has 0 aliphatic carbocycles. The molecule has 0 saturated heterocycles. The van der Waals surface area contributed by atoms with Crippen molar-refractivity contribution in [3.05, 3.63) is 94.1 Å². The van der Waals surface area contributed by atoms with Gasteiger partial charge in [0, 0.05) is 21.1 Å². The molecule has 0 bridgehead atoms. The first-order valence-corrected chi connectivity index (χ1v) is 10.7. The van der Waals surface area contributed by atoms with Crippen molar-refractivity contribution >= 4 is 80.5 Å². The van der Waals surface area contributed by atoms with Gasteiger partial charge in [0.15, 0.2) is 12.4 Å². The fourth-order valence-corrected chi connectivity index (χ4v) is 5.05. The van der Waals surface area contributed by atoms with E-state index in [9.17, 15) is 0 Å². The molecular weight excluding hydrogens is 474 g/mol. The Labute approximate surface area is 178 Å². The summed E-state index contributed by atoms with van der Waals surface area (Å²) >= 11 is 7.34. The second-order valence-electron chi connectivity index (χ2n) is 7.18. The normalized spacial score (nSPS) is 11.9. The summed E-state index contributed by atoms with van der Waals surface area (Å²) in [4.78, 5) is 0. The maximum absolute atomic E-state index is 3.67. The first-order valence-electron chi connectivity index (χ1n) is 9.16. The van der Waals surface area contributed by atoms with Crippen LogP contribution in [-0.4, -0.2) is 0 Å². The highest BCUT2D eigenvalue weighted by molar-refractivity contribution is 9.10. The highest BCUT2D eigenvalue weighted by Crippen LogP contribution is 2.36. The number of halogens is 2. The lowest BCUT2D eigenvalue weighted by Crippen LogP contribution is -2.20. The summed E-state index contributed by atoms with van der Waals surface area (Å²) < 4.78 is 4.45. The number of hydrogen-bond donors (Lipinski definition) is 0. The Morgan fingerprint density at radius 2 is 0.929 bits per heavy atom. The van der Waals surface area contributed by atoms with E-state index < -0.39 is 0 Å². The molecule has 0 N–H and O–H groups in total. The van der Waals surface area contributed by atoms with Crippen LogP contribution in [-0.2, 0) is 0 Å². The minimum atomic E-state index is 1.10. The molecule has 2 heterocycles. The van der Waals surface area contributed by atoms with Crippen molar-refractivity contribution in [3.8, 4) is 0 Å². The lowest BCUT2D eigenvalue weighted by molar-refractivity contribution is -0.509. The molecule has 0 fully saturated rings. The maximum Gasteiger partial charge on any atom is 0.227 e. The Morgan fingerprint density at radius 1 is 0.500 bits per heavy atom. The molecule has 2 aromatic heterocycles. The Kier molecular flexibility index (Phi) is 3.53. The third kappa shape index (κ3) is 2.33. The van der Waals surface area contributed by atoms with Crippen LogP contribution in [0, 0.1) is 0 Å². The molecule has 0 aliphatic rings. The summed E-state index contributed by atoms with van der Waals surface area (Å²) in [6, 6.07) is 26.3. The smallest absolute Gasteiger partial charge is 0.166 e. The molecular formula is C25H14Br2N+. The van der Waals surface area contributed by atoms with E-state index in [4.69, 9.17) is 0 Å². The third-order valence-electron chi connectivity index (χ3n) is 5.59. The van der Waals surface area contributed by atoms with Crippen molar-refractivity contribution in [2.75, 3.05) is 0 Å². The van der Waals surface area contributed by atoms with E-state index in [0.717, 1.165) is 8.95 Å². The average molecular weight is 488 g/mol. The second-order valence-corrected chi connectivity index (χ2v) is 9.01. The minimum Gasteiger partial charge on any atom is -0.166 e. The number of benzene rings is 4. The Bertz CT molecular complexity index is 1460. The molecule has 0 spiro atoms. The number of fused-ring (bicyclic) bond motifs is 9. The predicted octanol–water partition coefficient (Wildman–Crippen LogP) is 7.56.